The third kappa shape index (κ3) is 7.39. The Hall–Kier alpha value is -4.13. The summed E-state index contributed by atoms with van der Waals surface area (Å²) < 4.78 is 12.5. The Labute approximate surface area is 283 Å². The van der Waals surface area contributed by atoms with Gasteiger partial charge < -0.3 is 25.0 Å². The van der Waals surface area contributed by atoms with Crippen LogP contribution in [-0.2, 0) is 16.1 Å². The highest BCUT2D eigenvalue weighted by atomic mass is 35.5. The van der Waals surface area contributed by atoms with Crippen LogP contribution < -0.4 is 25.7 Å². The van der Waals surface area contributed by atoms with E-state index in [-0.39, 0.29) is 50.6 Å². The van der Waals surface area contributed by atoms with Gasteiger partial charge in [0.15, 0.2) is 0 Å². The summed E-state index contributed by atoms with van der Waals surface area (Å²) in [5, 5.41) is 7.36. The molecule has 1 aliphatic carbocycles. The first-order valence-corrected chi connectivity index (χ1v) is 16.3. The molecule has 0 radical (unpaired) electrons. The second-order valence-electron chi connectivity index (χ2n) is 11.5. The van der Waals surface area contributed by atoms with Crippen molar-refractivity contribution >= 4 is 52.0 Å². The van der Waals surface area contributed by atoms with Crippen molar-refractivity contribution in [3.63, 3.8) is 0 Å². The first-order chi connectivity index (χ1) is 22.7. The average molecular weight is 685 g/mol. The van der Waals surface area contributed by atoms with Crippen molar-refractivity contribution in [3.8, 4) is 22.6 Å². The lowest BCUT2D eigenvalue weighted by Crippen LogP contribution is -2.49. The van der Waals surface area contributed by atoms with Gasteiger partial charge in [-0.25, -0.2) is 4.98 Å². The van der Waals surface area contributed by atoms with E-state index in [1.165, 1.54) is 26.4 Å². The maximum absolute atomic E-state index is 14.4. The Morgan fingerprint density at radius 1 is 0.979 bits per heavy atom. The van der Waals surface area contributed by atoms with Gasteiger partial charge in [-0.15, -0.1) is 0 Å². The van der Waals surface area contributed by atoms with Gasteiger partial charge in [0.25, 0.3) is 5.56 Å². The highest BCUT2D eigenvalue weighted by Gasteiger charge is 2.28. The molecule has 1 saturated heterocycles. The molecule has 2 atom stereocenters. The molecule has 250 valence electrons. The molecule has 2 aromatic heterocycles. The number of anilines is 1. The molecule has 2 fully saturated rings. The monoisotopic (exact) mass is 683 g/mol. The molecule has 0 spiro atoms. The van der Waals surface area contributed by atoms with Crippen molar-refractivity contribution in [1.82, 2.24) is 29.7 Å². The molecule has 14 heteroatoms. The Morgan fingerprint density at radius 2 is 1.64 bits per heavy atom. The Morgan fingerprint density at radius 3 is 2.26 bits per heavy atom. The van der Waals surface area contributed by atoms with Crippen molar-refractivity contribution in [3.05, 3.63) is 64.0 Å². The fourth-order valence-corrected chi connectivity index (χ4v) is 6.89. The van der Waals surface area contributed by atoms with E-state index in [0.29, 0.717) is 67.7 Å². The van der Waals surface area contributed by atoms with E-state index in [9.17, 15) is 14.4 Å². The number of nitrogens with zero attached hydrogens (tertiary/aromatic N) is 5. The van der Waals surface area contributed by atoms with E-state index in [0.717, 1.165) is 25.7 Å². The maximum atomic E-state index is 14.4. The molecule has 0 bridgehead atoms. The standard InChI is InChI=1S/C33H39Cl2N7O5/c1-5-26(43)37-22-9-7-8-10-23(22)38-33-36-19-20-17-21(28-29(34)24(46-3)18-25(47-4)30(28)35)32(45)42(31(20)39-33)16-13-40-11-14-41(15-12-40)27(44)6-2/h5-6,17-19,22-23H,1-2,7-16H2,3-4H3,(H,37,43)(H,36,38,39). The normalized spacial score (nSPS) is 18.4. The quantitative estimate of drug-likeness (QED) is 0.286. The number of aromatic nitrogens is 3. The third-order valence-corrected chi connectivity index (χ3v) is 9.51. The smallest absolute Gasteiger partial charge is 0.260 e. The van der Waals surface area contributed by atoms with Gasteiger partial charge in [-0.05, 0) is 31.1 Å². The predicted molar refractivity (Wildman–Crippen MR) is 184 cm³/mol. The fraction of sp³-hybridized carbons (Fsp3) is 0.424. The van der Waals surface area contributed by atoms with Crippen LogP contribution in [0.1, 0.15) is 25.7 Å². The van der Waals surface area contributed by atoms with Gasteiger partial charge in [0.2, 0.25) is 17.8 Å². The number of nitrogens with one attached hydrogen (secondary N) is 2. The molecule has 1 aliphatic heterocycles. The van der Waals surface area contributed by atoms with Gasteiger partial charge >= 0.3 is 0 Å². The number of amides is 2. The number of piperazine rings is 1. The molecule has 2 unspecified atom stereocenters. The number of carbonyl (C=O) groups excluding carboxylic acids is 2. The zero-order valence-corrected chi connectivity index (χ0v) is 28.1. The first-order valence-electron chi connectivity index (χ1n) is 15.5. The molecular weight excluding hydrogens is 645 g/mol. The van der Waals surface area contributed by atoms with Crippen LogP contribution in [0.3, 0.4) is 0 Å². The van der Waals surface area contributed by atoms with Crippen LogP contribution in [-0.4, -0.2) is 95.2 Å². The third-order valence-electron chi connectivity index (χ3n) is 8.76. The Bertz CT molecular complexity index is 1710. The molecule has 1 saturated carbocycles. The average Bonchev–Trinajstić information content (AvgIpc) is 3.09. The first kappa shape index (κ1) is 34.2. The SMILES string of the molecule is C=CC(=O)NC1CCCCC1Nc1ncc2cc(-c3c(Cl)c(OC)cc(OC)c3Cl)c(=O)n(CCN3CCN(C(=O)C=C)CC3)c2n1. The fourth-order valence-electron chi connectivity index (χ4n) is 6.18. The number of pyridine rings is 1. The maximum Gasteiger partial charge on any atom is 0.260 e. The van der Waals surface area contributed by atoms with Crippen LogP contribution in [0.4, 0.5) is 5.95 Å². The summed E-state index contributed by atoms with van der Waals surface area (Å²) in [4.78, 5) is 51.9. The number of hydrogen-bond acceptors (Lipinski definition) is 9. The predicted octanol–water partition coefficient (Wildman–Crippen LogP) is 4.14. The van der Waals surface area contributed by atoms with Gasteiger partial charge in [0.05, 0.1) is 29.8 Å². The molecule has 3 aromatic rings. The number of methoxy groups -OCH3 is 2. The molecule has 2 aliphatic rings. The summed E-state index contributed by atoms with van der Waals surface area (Å²) in [6.45, 7) is 10.4. The van der Waals surface area contributed by atoms with Crippen molar-refractivity contribution in [2.75, 3.05) is 52.3 Å². The Kier molecular flexibility index (Phi) is 11.1. The molecule has 12 nitrogen and oxygen atoms in total. The van der Waals surface area contributed by atoms with Crippen LogP contribution in [0, 0.1) is 0 Å². The zero-order valence-electron chi connectivity index (χ0n) is 26.6. The number of fused-ring (bicyclic) bond motifs is 1. The van der Waals surface area contributed by atoms with E-state index in [1.807, 2.05) is 0 Å². The van der Waals surface area contributed by atoms with Gasteiger partial charge in [-0.2, -0.15) is 4.98 Å². The number of rotatable bonds is 11. The lowest BCUT2D eigenvalue weighted by molar-refractivity contribution is -0.127. The molecule has 5 rings (SSSR count). The molecule has 47 heavy (non-hydrogen) atoms. The van der Waals surface area contributed by atoms with Gasteiger partial charge in [0.1, 0.15) is 17.1 Å². The summed E-state index contributed by atoms with van der Waals surface area (Å²) in [5.41, 5.74) is 0.610. The largest absolute Gasteiger partial charge is 0.495 e. The van der Waals surface area contributed by atoms with Crippen LogP contribution in [0.15, 0.2) is 48.4 Å². The second kappa shape index (κ2) is 15.2. The van der Waals surface area contributed by atoms with Gasteiger partial charge in [-0.1, -0.05) is 49.2 Å². The number of ether oxygens (including phenoxy) is 2. The lowest BCUT2D eigenvalue weighted by atomic mass is 9.90. The molecule has 2 amide bonds. The van der Waals surface area contributed by atoms with Crippen LogP contribution in [0.5, 0.6) is 11.5 Å². The highest BCUT2D eigenvalue weighted by molar-refractivity contribution is 6.41. The summed E-state index contributed by atoms with van der Waals surface area (Å²) in [6, 6.07) is 3.04. The summed E-state index contributed by atoms with van der Waals surface area (Å²) in [5.74, 6) is 0.636. The van der Waals surface area contributed by atoms with Crippen molar-refractivity contribution in [1.29, 1.82) is 0 Å². The number of benzene rings is 1. The van der Waals surface area contributed by atoms with E-state index in [2.05, 4.69) is 33.7 Å². The van der Waals surface area contributed by atoms with E-state index < -0.39 is 0 Å². The van der Waals surface area contributed by atoms with E-state index in [4.69, 9.17) is 37.7 Å². The summed E-state index contributed by atoms with van der Waals surface area (Å²) in [6.07, 6.45) is 7.88. The molecule has 3 heterocycles. The van der Waals surface area contributed by atoms with Crippen LogP contribution in [0.25, 0.3) is 22.2 Å². The Balaban J connectivity index is 1.55. The molecule has 2 N–H and O–H groups in total. The summed E-state index contributed by atoms with van der Waals surface area (Å²) >= 11 is 13.5. The number of carbonyl (C=O) groups is 2. The minimum Gasteiger partial charge on any atom is -0.495 e. The summed E-state index contributed by atoms with van der Waals surface area (Å²) in [7, 11) is 2.95. The molecular formula is C33H39Cl2N7O5. The van der Waals surface area contributed by atoms with Crippen LogP contribution in [0.2, 0.25) is 10.0 Å². The van der Waals surface area contributed by atoms with Gasteiger partial charge in [-0.3, -0.25) is 23.9 Å². The zero-order chi connectivity index (χ0) is 33.7. The topological polar surface area (TPSA) is 131 Å². The number of halogens is 2. The minimum atomic E-state index is -0.351. The van der Waals surface area contributed by atoms with Crippen molar-refractivity contribution < 1.29 is 19.1 Å². The van der Waals surface area contributed by atoms with E-state index in [1.54, 1.807) is 27.8 Å². The lowest BCUT2D eigenvalue weighted by Gasteiger charge is -2.34. The van der Waals surface area contributed by atoms with Gasteiger partial charge in [0, 0.05) is 74.6 Å². The minimum absolute atomic E-state index is 0.0944. The highest BCUT2D eigenvalue weighted by Crippen LogP contribution is 2.45. The second-order valence-corrected chi connectivity index (χ2v) is 12.3. The van der Waals surface area contributed by atoms with Crippen molar-refractivity contribution in [2.45, 2.75) is 44.3 Å². The molecule has 1 aromatic carbocycles. The van der Waals surface area contributed by atoms with Crippen molar-refractivity contribution in [2.24, 2.45) is 0 Å². The van der Waals surface area contributed by atoms with Crippen LogP contribution >= 0.6 is 23.2 Å². The number of hydrogen-bond donors (Lipinski definition) is 2. The van der Waals surface area contributed by atoms with E-state index >= 15 is 0 Å².